The summed E-state index contributed by atoms with van der Waals surface area (Å²) >= 11 is 2.19. The van der Waals surface area contributed by atoms with Crippen molar-refractivity contribution >= 4 is 40.2 Å². The van der Waals surface area contributed by atoms with Gasteiger partial charge in [0.05, 0.1) is 5.56 Å². The average Bonchev–Trinajstić information content (AvgIpc) is 2.49. The largest absolute Gasteiger partial charge is 0.448 e. The number of esters is 1. The number of halogens is 1. The van der Waals surface area contributed by atoms with Gasteiger partial charge < -0.3 is 10.1 Å². The van der Waals surface area contributed by atoms with Crippen molar-refractivity contribution in [2.45, 2.75) is 12.5 Å². The molecule has 0 fully saturated rings. The maximum atomic E-state index is 12.2. The first-order valence-corrected chi connectivity index (χ1v) is 7.57. The van der Waals surface area contributed by atoms with Crippen molar-refractivity contribution in [3.63, 3.8) is 0 Å². The quantitative estimate of drug-likeness (QED) is 0.631. The van der Waals surface area contributed by atoms with Crippen molar-refractivity contribution in [3.8, 4) is 0 Å². The molecule has 1 aliphatic rings. The van der Waals surface area contributed by atoms with E-state index in [4.69, 9.17) is 4.74 Å². The van der Waals surface area contributed by atoms with Gasteiger partial charge in [-0.25, -0.2) is 4.79 Å². The Morgan fingerprint density at radius 2 is 1.86 bits per heavy atom. The Morgan fingerprint density at radius 3 is 2.62 bits per heavy atom. The number of ether oxygens (including phenoxy) is 1. The Hall–Kier alpha value is -1.89. The molecule has 21 heavy (non-hydrogen) atoms. The lowest BCUT2D eigenvalue weighted by Crippen LogP contribution is -2.37. The predicted molar refractivity (Wildman–Crippen MR) is 87.1 cm³/mol. The van der Waals surface area contributed by atoms with E-state index in [1.54, 1.807) is 12.1 Å². The molecule has 1 amide bonds. The molecule has 106 valence electrons. The Bertz CT molecular complexity index is 697. The first kappa shape index (κ1) is 14.1. The smallest absolute Gasteiger partial charge is 0.339 e. The minimum Gasteiger partial charge on any atom is -0.448 e. The maximum Gasteiger partial charge on any atom is 0.339 e. The topological polar surface area (TPSA) is 55.4 Å². The number of cyclic esters (lactones) is 1. The van der Waals surface area contributed by atoms with Gasteiger partial charge in [0, 0.05) is 15.7 Å². The van der Waals surface area contributed by atoms with E-state index in [1.807, 2.05) is 36.4 Å². The van der Waals surface area contributed by atoms with E-state index in [9.17, 15) is 9.59 Å². The molecule has 0 spiro atoms. The summed E-state index contributed by atoms with van der Waals surface area (Å²) in [6.45, 7) is 0. The highest BCUT2D eigenvalue weighted by Gasteiger charge is 2.30. The fourth-order valence-corrected chi connectivity index (χ4v) is 2.59. The van der Waals surface area contributed by atoms with Crippen molar-refractivity contribution in [1.29, 1.82) is 0 Å². The van der Waals surface area contributed by atoms with Crippen LogP contribution in [0, 0.1) is 3.57 Å². The van der Waals surface area contributed by atoms with Crippen LogP contribution in [0.25, 0.3) is 0 Å². The fourth-order valence-electron chi connectivity index (χ4n) is 2.23. The number of benzene rings is 2. The number of amides is 1. The minimum atomic E-state index is -0.785. The number of hydrogen-bond acceptors (Lipinski definition) is 3. The lowest BCUT2D eigenvalue weighted by atomic mass is 9.98. The second kappa shape index (κ2) is 5.85. The molecule has 1 aliphatic heterocycles. The Labute approximate surface area is 135 Å². The van der Waals surface area contributed by atoms with E-state index >= 15 is 0 Å². The highest BCUT2D eigenvalue weighted by Crippen LogP contribution is 2.21. The molecule has 1 N–H and O–H groups in total. The zero-order chi connectivity index (χ0) is 14.8. The summed E-state index contributed by atoms with van der Waals surface area (Å²) in [5, 5.41) is 2.77. The third-order valence-corrected chi connectivity index (χ3v) is 4.02. The van der Waals surface area contributed by atoms with E-state index in [1.165, 1.54) is 0 Å². The Kier molecular flexibility index (Phi) is 3.92. The molecule has 0 saturated heterocycles. The van der Waals surface area contributed by atoms with Gasteiger partial charge in [-0.15, -0.1) is 0 Å². The maximum absolute atomic E-state index is 12.2. The van der Waals surface area contributed by atoms with E-state index in [-0.39, 0.29) is 5.91 Å². The van der Waals surface area contributed by atoms with E-state index in [0.717, 1.165) is 9.13 Å². The second-order valence-corrected chi connectivity index (χ2v) is 6.00. The molecule has 5 heteroatoms. The van der Waals surface area contributed by atoms with E-state index in [2.05, 4.69) is 27.9 Å². The number of rotatable bonds is 2. The summed E-state index contributed by atoms with van der Waals surface area (Å²) in [6, 6.07) is 14.6. The van der Waals surface area contributed by atoms with Crippen LogP contribution in [0.1, 0.15) is 15.9 Å². The van der Waals surface area contributed by atoms with Crippen molar-refractivity contribution in [2.24, 2.45) is 0 Å². The SMILES string of the molecule is O=C1OC(C(=O)Nc2ccc(I)cc2)Cc2ccccc21. The van der Waals surface area contributed by atoms with Crippen LogP contribution >= 0.6 is 22.6 Å². The van der Waals surface area contributed by atoms with Gasteiger partial charge in [0.2, 0.25) is 0 Å². The number of fused-ring (bicyclic) bond motifs is 1. The molecule has 0 aliphatic carbocycles. The van der Waals surface area contributed by atoms with Crippen LogP contribution in [0.15, 0.2) is 48.5 Å². The highest BCUT2D eigenvalue weighted by atomic mass is 127. The van der Waals surface area contributed by atoms with Crippen LogP contribution in [0.3, 0.4) is 0 Å². The van der Waals surface area contributed by atoms with Gasteiger partial charge in [-0.1, -0.05) is 18.2 Å². The number of anilines is 1. The van der Waals surface area contributed by atoms with Crippen LogP contribution in [0.5, 0.6) is 0 Å². The summed E-state index contributed by atoms with van der Waals surface area (Å²) in [6.07, 6.45) is -0.385. The zero-order valence-corrected chi connectivity index (χ0v) is 13.2. The summed E-state index contributed by atoms with van der Waals surface area (Å²) in [7, 11) is 0. The summed E-state index contributed by atoms with van der Waals surface area (Å²) in [5.74, 6) is -0.751. The van der Waals surface area contributed by atoms with Gasteiger partial charge >= 0.3 is 5.97 Å². The van der Waals surface area contributed by atoms with Crippen molar-refractivity contribution in [1.82, 2.24) is 0 Å². The molecule has 0 aromatic heterocycles. The molecule has 4 nitrogen and oxygen atoms in total. The lowest BCUT2D eigenvalue weighted by molar-refractivity contribution is -0.125. The van der Waals surface area contributed by atoms with Gasteiger partial charge in [0.25, 0.3) is 5.91 Å². The van der Waals surface area contributed by atoms with Gasteiger partial charge in [-0.3, -0.25) is 4.79 Å². The summed E-state index contributed by atoms with van der Waals surface area (Å²) in [4.78, 5) is 24.1. The van der Waals surface area contributed by atoms with Crippen LogP contribution in [0.2, 0.25) is 0 Å². The van der Waals surface area contributed by atoms with Crippen molar-refractivity contribution < 1.29 is 14.3 Å². The van der Waals surface area contributed by atoms with Gasteiger partial charge in [0.15, 0.2) is 6.10 Å². The molecule has 2 aromatic rings. The molecular formula is C16H12INO3. The molecular weight excluding hydrogens is 381 g/mol. The Morgan fingerprint density at radius 1 is 1.14 bits per heavy atom. The first-order chi connectivity index (χ1) is 10.1. The first-order valence-electron chi connectivity index (χ1n) is 6.49. The van der Waals surface area contributed by atoms with E-state index in [0.29, 0.717) is 17.7 Å². The fraction of sp³-hybridized carbons (Fsp3) is 0.125. The van der Waals surface area contributed by atoms with Crippen molar-refractivity contribution in [3.05, 3.63) is 63.2 Å². The lowest BCUT2D eigenvalue weighted by Gasteiger charge is -2.23. The average molecular weight is 393 g/mol. The zero-order valence-electron chi connectivity index (χ0n) is 11.0. The van der Waals surface area contributed by atoms with Crippen LogP contribution in [-0.2, 0) is 16.0 Å². The minimum absolute atomic E-state index is 0.306. The number of carbonyl (C=O) groups excluding carboxylic acids is 2. The van der Waals surface area contributed by atoms with Crippen LogP contribution < -0.4 is 5.32 Å². The molecule has 3 rings (SSSR count). The normalized spacial score (nSPS) is 16.8. The summed E-state index contributed by atoms with van der Waals surface area (Å²) in [5.41, 5.74) is 2.07. The standard InChI is InChI=1S/C16H12INO3/c17-11-5-7-12(8-6-11)18-15(19)14-9-10-3-1-2-4-13(10)16(20)21-14/h1-8,14H,9H2,(H,18,19). The second-order valence-electron chi connectivity index (χ2n) is 4.75. The molecule has 0 radical (unpaired) electrons. The third-order valence-electron chi connectivity index (χ3n) is 3.30. The monoisotopic (exact) mass is 393 g/mol. The van der Waals surface area contributed by atoms with Crippen LogP contribution in [0.4, 0.5) is 5.69 Å². The molecule has 1 atom stereocenters. The number of hydrogen-bond donors (Lipinski definition) is 1. The predicted octanol–water partition coefficient (Wildman–Crippen LogP) is 3.01. The molecule has 1 heterocycles. The van der Waals surface area contributed by atoms with Crippen LogP contribution in [-0.4, -0.2) is 18.0 Å². The molecule has 2 aromatic carbocycles. The molecule has 0 saturated carbocycles. The number of carbonyl (C=O) groups is 2. The van der Waals surface area contributed by atoms with Gasteiger partial charge in [-0.05, 0) is 58.5 Å². The third kappa shape index (κ3) is 3.07. The van der Waals surface area contributed by atoms with Gasteiger partial charge in [0.1, 0.15) is 0 Å². The van der Waals surface area contributed by atoms with Crippen molar-refractivity contribution in [2.75, 3.05) is 5.32 Å². The Balaban J connectivity index is 1.75. The number of nitrogens with one attached hydrogen (secondary N) is 1. The summed E-state index contributed by atoms with van der Waals surface area (Å²) < 4.78 is 6.30. The highest BCUT2D eigenvalue weighted by molar-refractivity contribution is 14.1. The van der Waals surface area contributed by atoms with E-state index < -0.39 is 12.1 Å². The molecule has 0 bridgehead atoms. The van der Waals surface area contributed by atoms with Gasteiger partial charge in [-0.2, -0.15) is 0 Å². The molecule has 1 unspecified atom stereocenters.